The number of carbonyl (C=O) groups is 1. The maximum absolute atomic E-state index is 11.8. The van der Waals surface area contributed by atoms with Crippen LogP contribution in [0.15, 0.2) is 13.6 Å². The number of carbonyl (C=O) groups excluding carboxylic acids is 1. The van der Waals surface area contributed by atoms with E-state index in [9.17, 15) is 9.59 Å². The van der Waals surface area contributed by atoms with Crippen LogP contribution in [0.2, 0.25) is 0 Å². The van der Waals surface area contributed by atoms with E-state index in [4.69, 9.17) is 9.15 Å². The zero-order chi connectivity index (χ0) is 13.1. The first-order chi connectivity index (χ1) is 7.86. The van der Waals surface area contributed by atoms with Crippen molar-refractivity contribution >= 4 is 5.97 Å². The van der Waals surface area contributed by atoms with Crippen molar-refractivity contribution in [1.82, 2.24) is 0 Å². The summed E-state index contributed by atoms with van der Waals surface area (Å²) in [5, 5.41) is 0. The molecule has 5 heteroatoms. The number of ether oxygens (including phenoxy) is 1. The molecule has 1 rings (SSSR count). The lowest BCUT2D eigenvalue weighted by Crippen LogP contribution is -2.26. The van der Waals surface area contributed by atoms with Crippen molar-refractivity contribution in [3.05, 3.63) is 22.1 Å². The molecule has 0 aliphatic rings. The highest BCUT2D eigenvalue weighted by Crippen LogP contribution is 2.24. The summed E-state index contributed by atoms with van der Waals surface area (Å²) in [6.45, 7) is 7.19. The first-order valence-electron chi connectivity index (χ1n) is 5.63. The largest absolute Gasteiger partial charge is 0.519 e. The summed E-state index contributed by atoms with van der Waals surface area (Å²) >= 11 is 0. The Hall–Kier alpha value is -1.52. The molecule has 0 bridgehead atoms. The molecule has 0 aliphatic carbocycles. The van der Waals surface area contributed by atoms with Crippen molar-refractivity contribution in [2.75, 3.05) is 0 Å². The van der Waals surface area contributed by atoms with Gasteiger partial charge in [0.2, 0.25) is 0 Å². The van der Waals surface area contributed by atoms with E-state index in [1.54, 1.807) is 6.92 Å². The molecule has 1 aromatic heterocycles. The van der Waals surface area contributed by atoms with Crippen LogP contribution in [0.3, 0.4) is 0 Å². The lowest BCUT2D eigenvalue weighted by atomic mass is 9.88. The smallest absolute Gasteiger partial charge is 0.457 e. The molecule has 0 saturated carbocycles. The van der Waals surface area contributed by atoms with Crippen LogP contribution < -0.4 is 5.82 Å². The summed E-state index contributed by atoms with van der Waals surface area (Å²) in [5.41, 5.74) is -0.521. The topological polar surface area (TPSA) is 69.7 Å². The van der Waals surface area contributed by atoms with Crippen molar-refractivity contribution in [2.45, 2.75) is 47.1 Å². The van der Waals surface area contributed by atoms with Crippen LogP contribution in [0.5, 0.6) is 0 Å². The molecule has 1 aromatic rings. The third-order valence-corrected chi connectivity index (χ3v) is 2.60. The zero-order valence-corrected chi connectivity index (χ0v) is 10.7. The molecule has 0 N–H and O–H groups in total. The molecule has 96 valence electrons. The van der Waals surface area contributed by atoms with Crippen molar-refractivity contribution in [3.8, 4) is 0 Å². The van der Waals surface area contributed by atoms with Crippen LogP contribution in [-0.2, 0) is 16.1 Å². The van der Waals surface area contributed by atoms with Gasteiger partial charge in [0.15, 0.2) is 18.1 Å². The fraction of sp³-hybridized carbons (Fsp3) is 0.667. The molecule has 5 nitrogen and oxygen atoms in total. The molecule has 0 spiro atoms. The van der Waals surface area contributed by atoms with Gasteiger partial charge in [0.1, 0.15) is 0 Å². The summed E-state index contributed by atoms with van der Waals surface area (Å²) < 4.78 is 14.5. The third-order valence-electron chi connectivity index (χ3n) is 2.60. The molecule has 0 fully saturated rings. The Morgan fingerprint density at radius 2 is 2.00 bits per heavy atom. The monoisotopic (exact) mass is 242 g/mol. The number of esters is 1. The molecule has 0 unspecified atom stereocenters. The van der Waals surface area contributed by atoms with Crippen LogP contribution in [0.1, 0.15) is 45.1 Å². The van der Waals surface area contributed by atoms with Gasteiger partial charge < -0.3 is 13.6 Å². The van der Waals surface area contributed by atoms with E-state index in [1.165, 1.54) is 0 Å². The Bertz CT molecular complexity index is 438. The van der Waals surface area contributed by atoms with Gasteiger partial charge in [-0.2, -0.15) is 0 Å². The Morgan fingerprint density at radius 3 is 2.47 bits per heavy atom. The fourth-order valence-corrected chi connectivity index (χ4v) is 1.56. The Labute approximate surface area is 99.8 Å². The zero-order valence-electron chi connectivity index (χ0n) is 10.7. The summed E-state index contributed by atoms with van der Waals surface area (Å²) in [7, 11) is 0. The van der Waals surface area contributed by atoms with Crippen molar-refractivity contribution in [1.29, 1.82) is 0 Å². The maximum Gasteiger partial charge on any atom is 0.519 e. The number of rotatable bonds is 5. The summed E-state index contributed by atoms with van der Waals surface area (Å²) in [4.78, 5) is 22.6. The standard InChI is InChI=1S/C12H18O5/c1-5-6-12(3,4)10(13)15-7-9-8(2)16-11(14)17-9/h5-7H2,1-4H3. The predicted molar refractivity (Wildman–Crippen MR) is 60.5 cm³/mol. The van der Waals surface area contributed by atoms with E-state index in [0.717, 1.165) is 12.8 Å². The molecule has 17 heavy (non-hydrogen) atoms. The van der Waals surface area contributed by atoms with Crippen molar-refractivity contribution in [2.24, 2.45) is 5.41 Å². The average Bonchev–Trinajstić information content (AvgIpc) is 2.53. The second kappa shape index (κ2) is 5.21. The lowest BCUT2D eigenvalue weighted by molar-refractivity contribution is -0.156. The van der Waals surface area contributed by atoms with Gasteiger partial charge in [-0.05, 0) is 27.2 Å². The van der Waals surface area contributed by atoms with Gasteiger partial charge in [0.05, 0.1) is 5.41 Å². The van der Waals surface area contributed by atoms with Crippen LogP contribution in [0.4, 0.5) is 0 Å². The second-order valence-corrected chi connectivity index (χ2v) is 4.64. The molecule has 1 heterocycles. The van der Waals surface area contributed by atoms with E-state index in [2.05, 4.69) is 4.42 Å². The van der Waals surface area contributed by atoms with Gasteiger partial charge in [-0.25, -0.2) is 4.79 Å². The average molecular weight is 242 g/mol. The lowest BCUT2D eigenvalue weighted by Gasteiger charge is -2.21. The van der Waals surface area contributed by atoms with Gasteiger partial charge in [-0.1, -0.05) is 13.3 Å². The number of hydrogen-bond donors (Lipinski definition) is 0. The summed E-state index contributed by atoms with van der Waals surface area (Å²) in [6.07, 6.45) is 1.65. The summed E-state index contributed by atoms with van der Waals surface area (Å²) in [6, 6.07) is 0. The highest BCUT2D eigenvalue weighted by atomic mass is 16.6. The molecule has 0 radical (unpaired) electrons. The third kappa shape index (κ3) is 3.47. The van der Waals surface area contributed by atoms with Gasteiger partial charge in [0.25, 0.3) is 0 Å². The van der Waals surface area contributed by atoms with E-state index in [1.807, 2.05) is 20.8 Å². The molecular formula is C12H18O5. The first kappa shape index (κ1) is 13.5. The molecule has 0 aromatic carbocycles. The molecular weight excluding hydrogens is 224 g/mol. The van der Waals surface area contributed by atoms with Gasteiger partial charge in [0, 0.05) is 0 Å². The van der Waals surface area contributed by atoms with E-state index in [-0.39, 0.29) is 18.3 Å². The van der Waals surface area contributed by atoms with Gasteiger partial charge >= 0.3 is 11.8 Å². The Morgan fingerprint density at radius 1 is 1.35 bits per heavy atom. The quantitative estimate of drug-likeness (QED) is 0.741. The molecule has 0 atom stereocenters. The minimum Gasteiger partial charge on any atom is -0.457 e. The van der Waals surface area contributed by atoms with E-state index in [0.29, 0.717) is 5.76 Å². The summed E-state index contributed by atoms with van der Waals surface area (Å²) in [5.74, 6) is -0.476. The van der Waals surface area contributed by atoms with Gasteiger partial charge in [-0.3, -0.25) is 4.79 Å². The minimum atomic E-state index is -0.777. The Kier molecular flexibility index (Phi) is 4.15. The van der Waals surface area contributed by atoms with Gasteiger partial charge in [-0.15, -0.1) is 0 Å². The second-order valence-electron chi connectivity index (χ2n) is 4.64. The highest BCUT2D eigenvalue weighted by Gasteiger charge is 2.28. The predicted octanol–water partition coefficient (Wildman–Crippen LogP) is 2.41. The normalized spacial score (nSPS) is 11.5. The number of hydrogen-bond acceptors (Lipinski definition) is 5. The highest BCUT2D eigenvalue weighted by molar-refractivity contribution is 5.75. The fourth-order valence-electron chi connectivity index (χ4n) is 1.56. The van der Waals surface area contributed by atoms with Crippen molar-refractivity contribution in [3.63, 3.8) is 0 Å². The Balaban J connectivity index is 2.59. The van der Waals surface area contributed by atoms with Crippen LogP contribution >= 0.6 is 0 Å². The molecule has 0 amide bonds. The van der Waals surface area contributed by atoms with Crippen LogP contribution in [-0.4, -0.2) is 5.97 Å². The van der Waals surface area contributed by atoms with Crippen LogP contribution in [0.25, 0.3) is 0 Å². The first-order valence-corrected chi connectivity index (χ1v) is 5.63. The van der Waals surface area contributed by atoms with Crippen LogP contribution in [0, 0.1) is 12.3 Å². The van der Waals surface area contributed by atoms with E-state index >= 15 is 0 Å². The number of aryl methyl sites for hydroxylation is 1. The minimum absolute atomic E-state index is 0.0659. The maximum atomic E-state index is 11.8. The SMILES string of the molecule is CCCC(C)(C)C(=O)OCc1oc(=O)oc1C. The molecule has 0 aliphatic heterocycles. The van der Waals surface area contributed by atoms with E-state index < -0.39 is 11.2 Å². The molecule has 0 saturated heterocycles. The van der Waals surface area contributed by atoms with Crippen molar-refractivity contribution < 1.29 is 18.4 Å².